The maximum absolute atomic E-state index is 12.6. The zero-order chi connectivity index (χ0) is 22.8. The van der Waals surface area contributed by atoms with E-state index in [9.17, 15) is 9.90 Å². The van der Waals surface area contributed by atoms with Gasteiger partial charge in [0.2, 0.25) is 0 Å². The molecule has 0 unspecified atom stereocenters. The third-order valence-electron chi connectivity index (χ3n) is 5.95. The number of carbonyl (C=O) groups is 1. The minimum atomic E-state index is -0.650. The van der Waals surface area contributed by atoms with Crippen molar-refractivity contribution in [2.75, 3.05) is 19.6 Å². The Bertz CT molecular complexity index is 1280. The number of β-amino-alcohol motifs (C(OH)–C–C–N with tert-alkyl or cyclic N) is 1. The number of aromatic nitrogens is 4. The van der Waals surface area contributed by atoms with Crippen molar-refractivity contribution < 1.29 is 9.90 Å². The highest BCUT2D eigenvalue weighted by atomic mass is 16.3. The van der Waals surface area contributed by atoms with Crippen LogP contribution in [-0.2, 0) is 13.0 Å². The minimum absolute atomic E-state index is 0.176. The molecule has 0 saturated heterocycles. The molecule has 8 heteroatoms. The van der Waals surface area contributed by atoms with Gasteiger partial charge in [-0.3, -0.25) is 9.69 Å². The lowest BCUT2D eigenvalue weighted by Gasteiger charge is -2.30. The van der Waals surface area contributed by atoms with Crippen molar-refractivity contribution in [2.24, 2.45) is 0 Å². The van der Waals surface area contributed by atoms with Gasteiger partial charge in [-0.2, -0.15) is 10.2 Å². The van der Waals surface area contributed by atoms with Crippen LogP contribution in [0.5, 0.6) is 0 Å². The number of nitrogens with zero attached hydrogens (tertiary/aromatic N) is 5. The Balaban J connectivity index is 1.19. The van der Waals surface area contributed by atoms with E-state index in [1.807, 2.05) is 43.5 Å². The van der Waals surface area contributed by atoms with Crippen molar-refractivity contribution in [3.63, 3.8) is 0 Å². The Hall–Kier alpha value is -3.62. The summed E-state index contributed by atoms with van der Waals surface area (Å²) >= 11 is 0. The molecular formula is C25H26N6O2. The number of hydrogen-bond donors (Lipinski definition) is 2. The number of hydrogen-bond acceptors (Lipinski definition) is 6. The second-order valence-corrected chi connectivity index (χ2v) is 8.49. The van der Waals surface area contributed by atoms with Gasteiger partial charge in [-0.15, -0.1) is 0 Å². The Labute approximate surface area is 191 Å². The van der Waals surface area contributed by atoms with E-state index >= 15 is 0 Å². The molecule has 33 heavy (non-hydrogen) atoms. The van der Waals surface area contributed by atoms with Crippen molar-refractivity contribution in [1.82, 2.24) is 29.8 Å². The fourth-order valence-corrected chi connectivity index (χ4v) is 4.18. The molecule has 0 spiro atoms. The number of imidazole rings is 1. The average Bonchev–Trinajstić information content (AvgIpc) is 3.26. The Morgan fingerprint density at radius 2 is 1.94 bits per heavy atom. The lowest BCUT2D eigenvalue weighted by Crippen LogP contribution is -2.42. The first-order chi connectivity index (χ1) is 16.0. The number of nitrogens with one attached hydrogen (secondary N) is 1. The van der Waals surface area contributed by atoms with E-state index in [-0.39, 0.29) is 12.5 Å². The minimum Gasteiger partial charge on any atom is -0.390 e. The molecule has 3 aromatic heterocycles. The van der Waals surface area contributed by atoms with E-state index in [0.29, 0.717) is 17.9 Å². The van der Waals surface area contributed by atoms with Crippen LogP contribution in [0.3, 0.4) is 0 Å². The summed E-state index contributed by atoms with van der Waals surface area (Å²) in [7, 11) is 0. The molecule has 4 aromatic rings. The predicted octanol–water partition coefficient (Wildman–Crippen LogP) is 2.25. The molecule has 2 N–H and O–H groups in total. The molecule has 8 nitrogen and oxygen atoms in total. The van der Waals surface area contributed by atoms with Crippen LogP contribution in [0.4, 0.5) is 0 Å². The monoisotopic (exact) mass is 442 g/mol. The summed E-state index contributed by atoms with van der Waals surface area (Å²) in [5.41, 5.74) is 6.15. The van der Waals surface area contributed by atoms with Gasteiger partial charge in [-0.05, 0) is 48.7 Å². The summed E-state index contributed by atoms with van der Waals surface area (Å²) < 4.78 is 1.80. The van der Waals surface area contributed by atoms with Crippen LogP contribution < -0.4 is 5.32 Å². The van der Waals surface area contributed by atoms with E-state index in [1.54, 1.807) is 10.6 Å². The first kappa shape index (κ1) is 21.2. The summed E-state index contributed by atoms with van der Waals surface area (Å²) in [5, 5.41) is 21.6. The number of amides is 1. The molecule has 1 amide bonds. The highest BCUT2D eigenvalue weighted by Gasteiger charge is 2.19. The first-order valence-corrected chi connectivity index (χ1v) is 11.1. The third-order valence-corrected chi connectivity index (χ3v) is 5.95. The van der Waals surface area contributed by atoms with E-state index in [0.717, 1.165) is 36.5 Å². The highest BCUT2D eigenvalue weighted by molar-refractivity contribution is 5.92. The summed E-state index contributed by atoms with van der Waals surface area (Å²) in [6, 6.07) is 16.0. The molecule has 0 saturated carbocycles. The molecule has 0 fully saturated rings. The van der Waals surface area contributed by atoms with E-state index in [4.69, 9.17) is 0 Å². The van der Waals surface area contributed by atoms with Crippen molar-refractivity contribution in [3.8, 4) is 11.3 Å². The van der Waals surface area contributed by atoms with Gasteiger partial charge >= 0.3 is 0 Å². The van der Waals surface area contributed by atoms with Crippen molar-refractivity contribution in [1.29, 1.82) is 0 Å². The van der Waals surface area contributed by atoms with Crippen LogP contribution in [0.15, 0.2) is 60.9 Å². The number of rotatable bonds is 6. The molecular weight excluding hydrogens is 416 g/mol. The standard InChI is InChI=1S/C25H26N6O2/c1-17-6-8-22(29-28-17)20-7-9-24-27-23(16-31(24)14-20)25(33)26-12-21(32)15-30-11-10-18-4-2-3-5-19(18)13-30/h2-9,14,16,21,32H,10-13,15H2,1H3,(H,26,33)/t21-/m0/s1. The summed E-state index contributed by atoms with van der Waals surface area (Å²) in [6.45, 7) is 4.31. The number of carbonyl (C=O) groups excluding carboxylic acids is 1. The van der Waals surface area contributed by atoms with E-state index in [2.05, 4.69) is 43.6 Å². The molecule has 1 aliphatic rings. The van der Waals surface area contributed by atoms with Gasteiger partial charge in [0.05, 0.1) is 17.5 Å². The maximum atomic E-state index is 12.6. The fourth-order valence-electron chi connectivity index (χ4n) is 4.18. The lowest BCUT2D eigenvalue weighted by atomic mass is 10.00. The van der Waals surface area contributed by atoms with Gasteiger partial charge in [-0.1, -0.05) is 24.3 Å². The van der Waals surface area contributed by atoms with Gasteiger partial charge in [0.25, 0.3) is 5.91 Å². The van der Waals surface area contributed by atoms with Crippen molar-refractivity contribution in [2.45, 2.75) is 26.0 Å². The van der Waals surface area contributed by atoms with Crippen molar-refractivity contribution in [3.05, 3.63) is 83.4 Å². The van der Waals surface area contributed by atoms with Gasteiger partial charge < -0.3 is 14.8 Å². The van der Waals surface area contributed by atoms with Crippen LogP contribution in [0.1, 0.15) is 27.3 Å². The zero-order valence-electron chi connectivity index (χ0n) is 18.5. The quantitative estimate of drug-likeness (QED) is 0.476. The topological polar surface area (TPSA) is 95.6 Å². The van der Waals surface area contributed by atoms with E-state index < -0.39 is 6.10 Å². The van der Waals surface area contributed by atoms with Crippen LogP contribution in [0.2, 0.25) is 0 Å². The van der Waals surface area contributed by atoms with Gasteiger partial charge in [0.1, 0.15) is 11.3 Å². The van der Waals surface area contributed by atoms with Crippen molar-refractivity contribution >= 4 is 11.6 Å². The normalized spacial score (nSPS) is 14.7. The molecule has 1 atom stereocenters. The van der Waals surface area contributed by atoms with Crippen LogP contribution in [-0.4, -0.2) is 61.2 Å². The number of aliphatic hydroxyl groups is 1. The number of benzene rings is 1. The summed E-state index contributed by atoms with van der Waals surface area (Å²) in [4.78, 5) is 19.3. The molecule has 1 aromatic carbocycles. The fraction of sp³-hybridized carbons (Fsp3) is 0.280. The molecule has 4 heterocycles. The first-order valence-electron chi connectivity index (χ1n) is 11.1. The third kappa shape index (κ3) is 4.76. The Morgan fingerprint density at radius 1 is 1.09 bits per heavy atom. The maximum Gasteiger partial charge on any atom is 0.271 e. The van der Waals surface area contributed by atoms with Gasteiger partial charge in [0.15, 0.2) is 0 Å². The molecule has 0 aliphatic carbocycles. The largest absolute Gasteiger partial charge is 0.390 e. The molecule has 0 radical (unpaired) electrons. The number of pyridine rings is 1. The second-order valence-electron chi connectivity index (χ2n) is 8.49. The van der Waals surface area contributed by atoms with Crippen LogP contribution in [0, 0.1) is 6.92 Å². The number of aryl methyl sites for hydroxylation is 1. The smallest absolute Gasteiger partial charge is 0.271 e. The Kier molecular flexibility index (Phi) is 5.85. The molecule has 168 valence electrons. The van der Waals surface area contributed by atoms with Crippen LogP contribution in [0.25, 0.3) is 16.9 Å². The average molecular weight is 443 g/mol. The SMILES string of the molecule is Cc1ccc(-c2ccc3nc(C(=O)NC[C@H](O)CN4CCc5ccccc5C4)cn3c2)nn1. The van der Waals surface area contributed by atoms with Gasteiger partial charge in [0, 0.05) is 44.1 Å². The second kappa shape index (κ2) is 9.09. The van der Waals surface area contributed by atoms with Gasteiger partial charge in [-0.25, -0.2) is 4.98 Å². The predicted molar refractivity (Wildman–Crippen MR) is 125 cm³/mol. The Morgan fingerprint density at radius 3 is 2.76 bits per heavy atom. The molecule has 1 aliphatic heterocycles. The highest BCUT2D eigenvalue weighted by Crippen LogP contribution is 2.19. The summed E-state index contributed by atoms with van der Waals surface area (Å²) in [6.07, 6.45) is 3.89. The summed E-state index contributed by atoms with van der Waals surface area (Å²) in [5.74, 6) is -0.307. The molecule has 0 bridgehead atoms. The molecule has 5 rings (SSSR count). The number of fused-ring (bicyclic) bond motifs is 2. The number of aliphatic hydroxyl groups excluding tert-OH is 1. The van der Waals surface area contributed by atoms with Crippen LogP contribution >= 0.6 is 0 Å². The van der Waals surface area contributed by atoms with E-state index in [1.165, 1.54) is 11.1 Å². The lowest BCUT2D eigenvalue weighted by molar-refractivity contribution is 0.0838. The zero-order valence-corrected chi connectivity index (χ0v) is 18.5.